The number of hydrogen-bond donors (Lipinski definition) is 1. The molecule has 0 aliphatic carbocycles. The van der Waals surface area contributed by atoms with Crippen LogP contribution in [-0.4, -0.2) is 66.4 Å². The van der Waals surface area contributed by atoms with Crippen LogP contribution in [-0.2, 0) is 9.59 Å². The van der Waals surface area contributed by atoms with Crippen LogP contribution in [0, 0.1) is 0 Å². The molecule has 1 rings (SSSR count). The van der Waals surface area contributed by atoms with Gasteiger partial charge in [0.1, 0.15) is 12.9 Å². The SMILES string of the molecule is O=CCCN1CCN(C(=O)CO)CC1. The van der Waals surface area contributed by atoms with E-state index < -0.39 is 6.61 Å². The zero-order valence-electron chi connectivity index (χ0n) is 8.19. The van der Waals surface area contributed by atoms with Gasteiger partial charge in [0.15, 0.2) is 0 Å². The second-order valence-electron chi connectivity index (χ2n) is 3.34. The van der Waals surface area contributed by atoms with Crippen LogP contribution in [0.5, 0.6) is 0 Å². The molecule has 5 heteroatoms. The molecule has 0 saturated carbocycles. The first kappa shape index (κ1) is 11.1. The topological polar surface area (TPSA) is 60.9 Å². The number of aldehydes is 1. The molecule has 1 fully saturated rings. The van der Waals surface area contributed by atoms with Crippen molar-refractivity contribution in [1.29, 1.82) is 0 Å². The highest BCUT2D eigenvalue weighted by molar-refractivity contribution is 5.77. The Morgan fingerprint density at radius 3 is 2.43 bits per heavy atom. The van der Waals surface area contributed by atoms with Crippen LogP contribution in [0.2, 0.25) is 0 Å². The molecule has 1 aliphatic rings. The summed E-state index contributed by atoms with van der Waals surface area (Å²) >= 11 is 0. The van der Waals surface area contributed by atoms with Gasteiger partial charge in [-0.1, -0.05) is 0 Å². The highest BCUT2D eigenvalue weighted by Crippen LogP contribution is 2.01. The third-order valence-electron chi connectivity index (χ3n) is 2.42. The number of nitrogens with zero attached hydrogens (tertiary/aromatic N) is 2. The van der Waals surface area contributed by atoms with E-state index in [4.69, 9.17) is 5.11 Å². The van der Waals surface area contributed by atoms with Crippen LogP contribution in [0.1, 0.15) is 6.42 Å². The summed E-state index contributed by atoms with van der Waals surface area (Å²) in [7, 11) is 0. The average molecular weight is 200 g/mol. The molecule has 1 aliphatic heterocycles. The molecule has 0 spiro atoms. The van der Waals surface area contributed by atoms with E-state index in [2.05, 4.69) is 4.90 Å². The molecule has 0 radical (unpaired) electrons. The molecule has 1 heterocycles. The standard InChI is InChI=1S/C9H16N2O3/c12-7-1-2-10-3-5-11(6-4-10)9(14)8-13/h7,13H,1-6,8H2. The van der Waals surface area contributed by atoms with Gasteiger partial charge in [-0.2, -0.15) is 0 Å². The predicted molar refractivity (Wildman–Crippen MR) is 50.8 cm³/mol. The molecule has 1 N–H and O–H groups in total. The Balaban J connectivity index is 2.24. The lowest BCUT2D eigenvalue weighted by atomic mass is 10.3. The summed E-state index contributed by atoms with van der Waals surface area (Å²) in [6, 6.07) is 0. The zero-order chi connectivity index (χ0) is 10.4. The van der Waals surface area contributed by atoms with Crippen LogP contribution in [0.25, 0.3) is 0 Å². The minimum absolute atomic E-state index is 0.208. The van der Waals surface area contributed by atoms with Gasteiger partial charge >= 0.3 is 0 Å². The fraction of sp³-hybridized carbons (Fsp3) is 0.778. The second-order valence-corrected chi connectivity index (χ2v) is 3.34. The number of carbonyl (C=O) groups is 2. The highest BCUT2D eigenvalue weighted by atomic mass is 16.3. The maximum Gasteiger partial charge on any atom is 0.248 e. The largest absolute Gasteiger partial charge is 0.387 e. The summed E-state index contributed by atoms with van der Waals surface area (Å²) in [5.74, 6) is -0.208. The first-order valence-electron chi connectivity index (χ1n) is 4.82. The fourth-order valence-electron chi connectivity index (χ4n) is 1.56. The van der Waals surface area contributed by atoms with Gasteiger partial charge < -0.3 is 14.8 Å². The molecular formula is C9H16N2O3. The van der Waals surface area contributed by atoms with E-state index in [9.17, 15) is 9.59 Å². The first-order valence-corrected chi connectivity index (χ1v) is 4.82. The third kappa shape index (κ3) is 3.08. The van der Waals surface area contributed by atoms with Crippen molar-refractivity contribution in [2.75, 3.05) is 39.3 Å². The Labute approximate surface area is 83.3 Å². The van der Waals surface area contributed by atoms with E-state index in [1.54, 1.807) is 4.90 Å². The van der Waals surface area contributed by atoms with E-state index >= 15 is 0 Å². The van der Waals surface area contributed by atoms with E-state index in [0.29, 0.717) is 19.5 Å². The molecular weight excluding hydrogens is 184 g/mol. The fourth-order valence-corrected chi connectivity index (χ4v) is 1.56. The van der Waals surface area contributed by atoms with E-state index in [1.165, 1.54) is 0 Å². The van der Waals surface area contributed by atoms with Crippen LogP contribution in [0.15, 0.2) is 0 Å². The number of piperazine rings is 1. The summed E-state index contributed by atoms with van der Waals surface area (Å²) in [5, 5.41) is 8.64. The number of carbonyl (C=O) groups excluding carboxylic acids is 2. The Bertz CT molecular complexity index is 200. The third-order valence-corrected chi connectivity index (χ3v) is 2.42. The van der Waals surface area contributed by atoms with Crippen molar-refractivity contribution < 1.29 is 14.7 Å². The summed E-state index contributed by atoms with van der Waals surface area (Å²) in [6.45, 7) is 3.24. The molecule has 0 aromatic heterocycles. The van der Waals surface area contributed by atoms with Crippen molar-refractivity contribution in [3.05, 3.63) is 0 Å². The van der Waals surface area contributed by atoms with Crippen molar-refractivity contribution in [3.63, 3.8) is 0 Å². The van der Waals surface area contributed by atoms with E-state index in [-0.39, 0.29) is 5.91 Å². The number of amides is 1. The van der Waals surface area contributed by atoms with Crippen molar-refractivity contribution in [2.45, 2.75) is 6.42 Å². The summed E-state index contributed by atoms with van der Waals surface area (Å²) < 4.78 is 0. The van der Waals surface area contributed by atoms with Crippen LogP contribution >= 0.6 is 0 Å². The van der Waals surface area contributed by atoms with Gasteiger partial charge in [0.05, 0.1) is 0 Å². The molecule has 0 atom stereocenters. The molecule has 0 aromatic carbocycles. The van der Waals surface area contributed by atoms with Crippen molar-refractivity contribution in [1.82, 2.24) is 9.80 Å². The zero-order valence-corrected chi connectivity index (χ0v) is 8.19. The quantitative estimate of drug-likeness (QED) is 0.574. The smallest absolute Gasteiger partial charge is 0.248 e. The van der Waals surface area contributed by atoms with Gasteiger partial charge in [-0.25, -0.2) is 0 Å². The maximum absolute atomic E-state index is 11.1. The van der Waals surface area contributed by atoms with Crippen LogP contribution < -0.4 is 0 Å². The Morgan fingerprint density at radius 2 is 1.93 bits per heavy atom. The summed E-state index contributed by atoms with van der Waals surface area (Å²) in [5.41, 5.74) is 0. The molecule has 5 nitrogen and oxygen atoms in total. The van der Waals surface area contributed by atoms with Gasteiger partial charge in [-0.05, 0) is 0 Å². The molecule has 0 unspecified atom stereocenters. The Hall–Kier alpha value is -0.940. The minimum atomic E-state index is -0.408. The second kappa shape index (κ2) is 5.72. The van der Waals surface area contributed by atoms with E-state index in [0.717, 1.165) is 25.9 Å². The van der Waals surface area contributed by atoms with Gasteiger partial charge in [-0.3, -0.25) is 9.69 Å². The average Bonchev–Trinajstić information content (AvgIpc) is 2.26. The molecule has 0 aromatic rings. The number of aliphatic hydroxyl groups is 1. The Kier molecular flexibility index (Phi) is 4.55. The van der Waals surface area contributed by atoms with Crippen molar-refractivity contribution >= 4 is 12.2 Å². The minimum Gasteiger partial charge on any atom is -0.387 e. The Morgan fingerprint density at radius 1 is 1.29 bits per heavy atom. The van der Waals surface area contributed by atoms with Gasteiger partial charge in [-0.15, -0.1) is 0 Å². The summed E-state index contributed by atoms with van der Waals surface area (Å²) in [6.07, 6.45) is 1.46. The number of aliphatic hydroxyl groups excluding tert-OH is 1. The number of hydrogen-bond acceptors (Lipinski definition) is 4. The molecule has 1 saturated heterocycles. The van der Waals surface area contributed by atoms with Crippen LogP contribution in [0.4, 0.5) is 0 Å². The monoisotopic (exact) mass is 200 g/mol. The normalized spacial score (nSPS) is 18.2. The number of rotatable bonds is 4. The van der Waals surface area contributed by atoms with Gasteiger partial charge in [0.25, 0.3) is 0 Å². The van der Waals surface area contributed by atoms with Gasteiger partial charge in [0.2, 0.25) is 5.91 Å². The first-order chi connectivity index (χ1) is 6.77. The lowest BCUT2D eigenvalue weighted by Crippen LogP contribution is -2.49. The maximum atomic E-state index is 11.1. The van der Waals surface area contributed by atoms with Gasteiger partial charge in [0, 0.05) is 39.1 Å². The van der Waals surface area contributed by atoms with Crippen LogP contribution in [0.3, 0.4) is 0 Å². The lowest BCUT2D eigenvalue weighted by Gasteiger charge is -2.34. The lowest BCUT2D eigenvalue weighted by molar-refractivity contribution is -0.136. The molecule has 80 valence electrons. The predicted octanol–water partition coefficient (Wildman–Crippen LogP) is -1.29. The van der Waals surface area contributed by atoms with E-state index in [1.807, 2.05) is 0 Å². The summed E-state index contributed by atoms with van der Waals surface area (Å²) in [4.78, 5) is 25.0. The molecule has 0 bridgehead atoms. The molecule has 14 heavy (non-hydrogen) atoms. The van der Waals surface area contributed by atoms with Crippen molar-refractivity contribution in [2.24, 2.45) is 0 Å². The highest BCUT2D eigenvalue weighted by Gasteiger charge is 2.19. The van der Waals surface area contributed by atoms with Crippen molar-refractivity contribution in [3.8, 4) is 0 Å². The molecule has 1 amide bonds.